The first kappa shape index (κ1) is 14.5. The topological polar surface area (TPSA) is 32.5 Å². The number of piperazine rings is 1. The lowest BCUT2D eigenvalue weighted by molar-refractivity contribution is 0.0585. The van der Waals surface area contributed by atoms with Gasteiger partial charge in [-0.1, -0.05) is 44.2 Å². The highest BCUT2D eigenvalue weighted by Gasteiger charge is 2.31. The van der Waals surface area contributed by atoms with E-state index in [1.165, 1.54) is 5.56 Å². The molecule has 1 heterocycles. The molecule has 3 nitrogen and oxygen atoms in total. The van der Waals surface area contributed by atoms with Crippen LogP contribution >= 0.6 is 0 Å². The molecule has 1 saturated heterocycles. The average Bonchev–Trinajstić information content (AvgIpc) is 2.41. The molecule has 1 aliphatic rings. The minimum atomic E-state index is 0.242. The van der Waals surface area contributed by atoms with E-state index in [4.69, 9.17) is 5.73 Å². The smallest absolute Gasteiger partial charge is 0.0380 e. The lowest BCUT2D eigenvalue weighted by atomic mass is 9.94. The van der Waals surface area contributed by atoms with E-state index in [-0.39, 0.29) is 6.04 Å². The Morgan fingerprint density at radius 1 is 1.21 bits per heavy atom. The maximum Gasteiger partial charge on any atom is 0.0380 e. The predicted molar refractivity (Wildman–Crippen MR) is 81.0 cm³/mol. The van der Waals surface area contributed by atoms with Crippen LogP contribution in [-0.4, -0.2) is 48.6 Å². The molecular formula is C16H27N3. The highest BCUT2D eigenvalue weighted by atomic mass is 15.3. The van der Waals surface area contributed by atoms with Crippen LogP contribution in [0.15, 0.2) is 30.3 Å². The second-order valence-corrected chi connectivity index (χ2v) is 6.11. The van der Waals surface area contributed by atoms with Crippen molar-refractivity contribution in [1.29, 1.82) is 0 Å². The molecule has 1 aromatic carbocycles. The van der Waals surface area contributed by atoms with E-state index in [9.17, 15) is 0 Å². The number of benzene rings is 1. The second kappa shape index (κ2) is 6.51. The second-order valence-electron chi connectivity index (χ2n) is 6.11. The van der Waals surface area contributed by atoms with E-state index < -0.39 is 0 Å². The molecule has 1 fully saturated rings. The molecule has 2 atom stereocenters. The summed E-state index contributed by atoms with van der Waals surface area (Å²) < 4.78 is 0. The molecule has 1 aliphatic heterocycles. The van der Waals surface area contributed by atoms with Crippen molar-refractivity contribution in [2.45, 2.75) is 32.5 Å². The van der Waals surface area contributed by atoms with Gasteiger partial charge in [0.05, 0.1) is 0 Å². The summed E-state index contributed by atoms with van der Waals surface area (Å²) in [6.07, 6.45) is 0. The van der Waals surface area contributed by atoms with Crippen LogP contribution in [-0.2, 0) is 6.54 Å². The molecule has 106 valence electrons. The van der Waals surface area contributed by atoms with Crippen LogP contribution in [0.5, 0.6) is 0 Å². The third-order valence-corrected chi connectivity index (χ3v) is 4.18. The Kier molecular flexibility index (Phi) is 4.97. The van der Waals surface area contributed by atoms with Crippen LogP contribution in [0.2, 0.25) is 0 Å². The van der Waals surface area contributed by atoms with Gasteiger partial charge in [0.25, 0.3) is 0 Å². The molecule has 1 aromatic rings. The number of nitrogens with zero attached hydrogens (tertiary/aromatic N) is 2. The summed E-state index contributed by atoms with van der Waals surface area (Å²) in [5.41, 5.74) is 7.81. The van der Waals surface area contributed by atoms with Crippen LogP contribution in [0.4, 0.5) is 0 Å². The summed E-state index contributed by atoms with van der Waals surface area (Å²) >= 11 is 0. The number of rotatable bonds is 4. The zero-order valence-electron chi connectivity index (χ0n) is 12.4. The molecule has 0 radical (unpaired) electrons. The Labute approximate surface area is 117 Å². The maximum atomic E-state index is 6.43. The lowest BCUT2D eigenvalue weighted by Crippen LogP contribution is -2.59. The normalized spacial score (nSPS) is 23.7. The summed E-state index contributed by atoms with van der Waals surface area (Å²) in [5, 5.41) is 0. The number of nitrogens with two attached hydrogens (primary N) is 1. The van der Waals surface area contributed by atoms with Gasteiger partial charge in [-0.05, 0) is 18.5 Å². The van der Waals surface area contributed by atoms with E-state index in [2.05, 4.69) is 61.0 Å². The minimum absolute atomic E-state index is 0.242. The van der Waals surface area contributed by atoms with Crippen molar-refractivity contribution < 1.29 is 0 Å². The van der Waals surface area contributed by atoms with Crippen molar-refractivity contribution in [3.63, 3.8) is 0 Å². The number of hydrogen-bond acceptors (Lipinski definition) is 3. The molecule has 0 aromatic heterocycles. The van der Waals surface area contributed by atoms with Gasteiger partial charge in [-0.15, -0.1) is 0 Å². The Balaban J connectivity index is 2.07. The molecule has 19 heavy (non-hydrogen) atoms. The Hall–Kier alpha value is -0.900. The highest BCUT2D eigenvalue weighted by molar-refractivity contribution is 5.15. The van der Waals surface area contributed by atoms with Crippen LogP contribution in [0, 0.1) is 5.92 Å². The van der Waals surface area contributed by atoms with Crippen molar-refractivity contribution >= 4 is 0 Å². The summed E-state index contributed by atoms with van der Waals surface area (Å²) in [5.74, 6) is 0.523. The first-order chi connectivity index (χ1) is 9.08. The lowest BCUT2D eigenvalue weighted by Gasteiger charge is -2.44. The first-order valence-corrected chi connectivity index (χ1v) is 7.30. The third kappa shape index (κ3) is 3.78. The van der Waals surface area contributed by atoms with E-state index >= 15 is 0 Å². The summed E-state index contributed by atoms with van der Waals surface area (Å²) in [6, 6.07) is 11.4. The van der Waals surface area contributed by atoms with Gasteiger partial charge >= 0.3 is 0 Å². The standard InChI is InChI=1S/C16H27N3/c1-13(2)16(17)15-12-18(3)9-10-19(15)11-14-7-5-4-6-8-14/h4-8,13,15-16H,9-12,17H2,1-3H3/t15?,16-/m0/s1. The van der Waals surface area contributed by atoms with Gasteiger partial charge < -0.3 is 10.6 Å². The number of likely N-dealkylation sites (N-methyl/N-ethyl adjacent to an activating group) is 1. The molecule has 0 saturated carbocycles. The average molecular weight is 261 g/mol. The van der Waals surface area contributed by atoms with E-state index in [1.807, 2.05) is 0 Å². The molecule has 0 amide bonds. The van der Waals surface area contributed by atoms with Gasteiger partial charge in [0, 0.05) is 38.3 Å². The monoisotopic (exact) mass is 261 g/mol. The molecule has 0 spiro atoms. The van der Waals surface area contributed by atoms with Gasteiger partial charge in [0.15, 0.2) is 0 Å². The fraction of sp³-hybridized carbons (Fsp3) is 0.625. The van der Waals surface area contributed by atoms with Gasteiger partial charge in [0.2, 0.25) is 0 Å². The molecule has 1 unspecified atom stereocenters. The zero-order chi connectivity index (χ0) is 13.8. The third-order valence-electron chi connectivity index (χ3n) is 4.18. The van der Waals surface area contributed by atoms with Gasteiger partial charge in [-0.3, -0.25) is 4.90 Å². The predicted octanol–water partition coefficient (Wildman–Crippen LogP) is 1.79. The molecule has 0 aliphatic carbocycles. The summed E-state index contributed by atoms with van der Waals surface area (Å²) in [4.78, 5) is 4.95. The first-order valence-electron chi connectivity index (χ1n) is 7.30. The van der Waals surface area contributed by atoms with Crippen LogP contribution in [0.25, 0.3) is 0 Å². The van der Waals surface area contributed by atoms with Crippen LogP contribution < -0.4 is 5.73 Å². The zero-order valence-corrected chi connectivity index (χ0v) is 12.4. The van der Waals surface area contributed by atoms with Gasteiger partial charge in [-0.25, -0.2) is 0 Å². The van der Waals surface area contributed by atoms with Crippen molar-refractivity contribution in [3.8, 4) is 0 Å². The fourth-order valence-corrected chi connectivity index (χ4v) is 2.81. The quantitative estimate of drug-likeness (QED) is 0.897. The van der Waals surface area contributed by atoms with E-state index in [1.54, 1.807) is 0 Å². The molecule has 0 bridgehead atoms. The van der Waals surface area contributed by atoms with E-state index in [0.717, 1.165) is 26.2 Å². The van der Waals surface area contributed by atoms with Crippen molar-refractivity contribution in [2.24, 2.45) is 11.7 Å². The number of hydrogen-bond donors (Lipinski definition) is 1. The molecule has 3 heteroatoms. The molecule has 2 rings (SSSR count). The van der Waals surface area contributed by atoms with Crippen molar-refractivity contribution in [1.82, 2.24) is 9.80 Å². The van der Waals surface area contributed by atoms with Crippen molar-refractivity contribution in [3.05, 3.63) is 35.9 Å². The Bertz CT molecular complexity index is 377. The fourth-order valence-electron chi connectivity index (χ4n) is 2.81. The summed E-state index contributed by atoms with van der Waals surface area (Å²) in [6.45, 7) is 8.77. The molecule has 2 N–H and O–H groups in total. The molecular weight excluding hydrogens is 234 g/mol. The maximum absolute atomic E-state index is 6.43. The van der Waals surface area contributed by atoms with Crippen molar-refractivity contribution in [2.75, 3.05) is 26.7 Å². The Morgan fingerprint density at radius 3 is 2.53 bits per heavy atom. The van der Waals surface area contributed by atoms with Crippen LogP contribution in [0.3, 0.4) is 0 Å². The van der Waals surface area contributed by atoms with Gasteiger partial charge in [-0.2, -0.15) is 0 Å². The summed E-state index contributed by atoms with van der Waals surface area (Å²) in [7, 11) is 2.19. The highest BCUT2D eigenvalue weighted by Crippen LogP contribution is 2.18. The van der Waals surface area contributed by atoms with Gasteiger partial charge in [0.1, 0.15) is 0 Å². The van der Waals surface area contributed by atoms with Crippen LogP contribution in [0.1, 0.15) is 19.4 Å². The minimum Gasteiger partial charge on any atom is -0.326 e. The SMILES string of the molecule is CC(C)[C@H](N)C1CN(C)CCN1Cc1ccccc1. The Morgan fingerprint density at radius 2 is 1.89 bits per heavy atom. The largest absolute Gasteiger partial charge is 0.326 e. The van der Waals surface area contributed by atoms with E-state index in [0.29, 0.717) is 12.0 Å².